The predicted octanol–water partition coefficient (Wildman–Crippen LogP) is 0.780. The molecule has 1 aromatic rings. The van der Waals surface area contributed by atoms with Gasteiger partial charge in [-0.1, -0.05) is 0 Å². The SMILES string of the molecule is O=C1CNCCN1c1ccc(Br)cn1. The average molecular weight is 256 g/mol. The molecule has 0 aromatic carbocycles. The van der Waals surface area contributed by atoms with Gasteiger partial charge in [0.05, 0.1) is 6.54 Å². The van der Waals surface area contributed by atoms with Gasteiger partial charge in [-0.15, -0.1) is 0 Å². The minimum absolute atomic E-state index is 0.0751. The third-order valence-electron chi connectivity index (χ3n) is 2.08. The number of rotatable bonds is 1. The van der Waals surface area contributed by atoms with Crippen molar-refractivity contribution in [1.82, 2.24) is 10.3 Å². The van der Waals surface area contributed by atoms with E-state index in [0.29, 0.717) is 13.1 Å². The molecule has 1 fully saturated rings. The Kier molecular flexibility index (Phi) is 2.79. The summed E-state index contributed by atoms with van der Waals surface area (Å²) in [5.74, 6) is 0.797. The Morgan fingerprint density at radius 2 is 2.36 bits per heavy atom. The monoisotopic (exact) mass is 255 g/mol. The quantitative estimate of drug-likeness (QED) is 0.807. The standard InChI is InChI=1S/C9H10BrN3O/c10-7-1-2-8(12-5-7)13-4-3-11-6-9(13)14/h1-2,5,11H,3-4,6H2. The third kappa shape index (κ3) is 1.93. The number of hydrogen-bond acceptors (Lipinski definition) is 3. The molecule has 1 aliphatic rings. The van der Waals surface area contributed by atoms with Crippen LogP contribution in [0, 0.1) is 0 Å². The minimum atomic E-state index is 0.0751. The number of halogens is 1. The number of anilines is 1. The molecule has 0 aliphatic carbocycles. The van der Waals surface area contributed by atoms with Crippen LogP contribution in [0.4, 0.5) is 5.82 Å². The van der Waals surface area contributed by atoms with Gasteiger partial charge < -0.3 is 5.32 Å². The van der Waals surface area contributed by atoms with Gasteiger partial charge in [0.2, 0.25) is 5.91 Å². The summed E-state index contributed by atoms with van der Waals surface area (Å²) in [6, 6.07) is 3.73. The molecule has 0 atom stereocenters. The summed E-state index contributed by atoms with van der Waals surface area (Å²) in [6.45, 7) is 1.91. The van der Waals surface area contributed by atoms with Crippen LogP contribution in [0.15, 0.2) is 22.8 Å². The van der Waals surface area contributed by atoms with E-state index in [1.165, 1.54) is 0 Å². The van der Waals surface area contributed by atoms with Crippen molar-refractivity contribution in [3.05, 3.63) is 22.8 Å². The molecule has 1 aromatic heterocycles. The molecule has 0 spiro atoms. The van der Waals surface area contributed by atoms with Crippen LogP contribution in [0.2, 0.25) is 0 Å². The number of nitrogens with zero attached hydrogens (tertiary/aromatic N) is 2. The number of piperazine rings is 1. The Labute approximate surface area is 90.4 Å². The molecule has 0 radical (unpaired) electrons. The summed E-state index contributed by atoms with van der Waals surface area (Å²) in [4.78, 5) is 17.4. The molecule has 74 valence electrons. The largest absolute Gasteiger partial charge is 0.307 e. The third-order valence-corrected chi connectivity index (χ3v) is 2.55. The van der Waals surface area contributed by atoms with E-state index < -0.39 is 0 Å². The highest BCUT2D eigenvalue weighted by Crippen LogP contribution is 2.15. The summed E-state index contributed by atoms with van der Waals surface area (Å²) < 4.78 is 0.920. The van der Waals surface area contributed by atoms with Gasteiger partial charge in [0.15, 0.2) is 0 Å². The normalized spacial score (nSPS) is 17.2. The first-order valence-corrected chi connectivity index (χ1v) is 5.19. The van der Waals surface area contributed by atoms with Gasteiger partial charge in [0.1, 0.15) is 5.82 Å². The van der Waals surface area contributed by atoms with Crippen LogP contribution in [-0.2, 0) is 4.79 Å². The molecule has 1 aliphatic heterocycles. The highest BCUT2D eigenvalue weighted by molar-refractivity contribution is 9.10. The fourth-order valence-corrected chi connectivity index (χ4v) is 1.61. The molecule has 5 heteroatoms. The Balaban J connectivity index is 2.20. The number of carbonyl (C=O) groups excluding carboxylic acids is 1. The maximum absolute atomic E-state index is 11.5. The van der Waals surface area contributed by atoms with Gasteiger partial charge in [-0.25, -0.2) is 4.98 Å². The van der Waals surface area contributed by atoms with Crippen LogP contribution >= 0.6 is 15.9 Å². The van der Waals surface area contributed by atoms with Gasteiger partial charge in [0, 0.05) is 23.8 Å². The van der Waals surface area contributed by atoms with Crippen LogP contribution in [-0.4, -0.2) is 30.5 Å². The topological polar surface area (TPSA) is 45.2 Å². The second kappa shape index (κ2) is 4.06. The lowest BCUT2D eigenvalue weighted by atomic mass is 10.3. The van der Waals surface area contributed by atoms with Gasteiger partial charge >= 0.3 is 0 Å². The second-order valence-electron chi connectivity index (χ2n) is 3.06. The van der Waals surface area contributed by atoms with Crippen molar-refractivity contribution in [2.24, 2.45) is 0 Å². The van der Waals surface area contributed by atoms with Crippen LogP contribution < -0.4 is 10.2 Å². The molecular weight excluding hydrogens is 246 g/mol. The molecule has 0 bridgehead atoms. The van der Waals surface area contributed by atoms with E-state index in [9.17, 15) is 4.79 Å². The molecule has 1 amide bonds. The average Bonchev–Trinajstić information content (AvgIpc) is 2.20. The first-order chi connectivity index (χ1) is 6.77. The number of carbonyl (C=O) groups is 1. The van der Waals surface area contributed by atoms with Crippen molar-refractivity contribution >= 4 is 27.7 Å². The van der Waals surface area contributed by atoms with Crippen molar-refractivity contribution < 1.29 is 4.79 Å². The molecule has 0 unspecified atom stereocenters. The molecule has 14 heavy (non-hydrogen) atoms. The summed E-state index contributed by atoms with van der Waals surface area (Å²) >= 11 is 3.31. The summed E-state index contributed by atoms with van der Waals surface area (Å²) in [5, 5.41) is 3.02. The maximum Gasteiger partial charge on any atom is 0.242 e. The first kappa shape index (κ1) is 9.61. The predicted molar refractivity (Wildman–Crippen MR) is 57.2 cm³/mol. The lowest BCUT2D eigenvalue weighted by Crippen LogP contribution is -2.48. The molecule has 4 nitrogen and oxygen atoms in total. The fraction of sp³-hybridized carbons (Fsp3) is 0.333. The molecule has 1 N–H and O–H groups in total. The number of aromatic nitrogens is 1. The van der Waals surface area contributed by atoms with E-state index in [2.05, 4.69) is 26.2 Å². The van der Waals surface area contributed by atoms with E-state index in [-0.39, 0.29) is 5.91 Å². The smallest absolute Gasteiger partial charge is 0.242 e. The molecular formula is C9H10BrN3O. The molecule has 2 rings (SSSR count). The summed E-state index contributed by atoms with van der Waals surface area (Å²) in [6.07, 6.45) is 1.70. The second-order valence-corrected chi connectivity index (χ2v) is 3.97. The molecule has 2 heterocycles. The highest BCUT2D eigenvalue weighted by Gasteiger charge is 2.19. The van der Waals surface area contributed by atoms with E-state index in [0.717, 1.165) is 16.8 Å². The van der Waals surface area contributed by atoms with Crippen molar-refractivity contribution in [1.29, 1.82) is 0 Å². The summed E-state index contributed by atoms with van der Waals surface area (Å²) in [7, 11) is 0. The van der Waals surface area contributed by atoms with Crippen LogP contribution in [0.3, 0.4) is 0 Å². The number of hydrogen-bond donors (Lipinski definition) is 1. The highest BCUT2D eigenvalue weighted by atomic mass is 79.9. The lowest BCUT2D eigenvalue weighted by Gasteiger charge is -2.26. The lowest BCUT2D eigenvalue weighted by molar-refractivity contribution is -0.118. The van der Waals surface area contributed by atoms with E-state index >= 15 is 0 Å². The van der Waals surface area contributed by atoms with Crippen LogP contribution in [0.5, 0.6) is 0 Å². The Bertz CT molecular complexity index is 338. The Morgan fingerprint density at radius 3 is 3.00 bits per heavy atom. The maximum atomic E-state index is 11.5. The van der Waals surface area contributed by atoms with Crippen LogP contribution in [0.25, 0.3) is 0 Å². The number of amides is 1. The number of nitrogens with one attached hydrogen (secondary N) is 1. The van der Waals surface area contributed by atoms with E-state index in [1.807, 2.05) is 12.1 Å². The minimum Gasteiger partial charge on any atom is -0.307 e. The van der Waals surface area contributed by atoms with Crippen LogP contribution in [0.1, 0.15) is 0 Å². The van der Waals surface area contributed by atoms with E-state index in [1.54, 1.807) is 11.1 Å². The zero-order chi connectivity index (χ0) is 9.97. The first-order valence-electron chi connectivity index (χ1n) is 4.40. The van der Waals surface area contributed by atoms with Crippen molar-refractivity contribution in [2.45, 2.75) is 0 Å². The zero-order valence-corrected chi connectivity index (χ0v) is 9.12. The van der Waals surface area contributed by atoms with Gasteiger partial charge in [0.25, 0.3) is 0 Å². The van der Waals surface area contributed by atoms with Gasteiger partial charge in [-0.05, 0) is 28.1 Å². The fourth-order valence-electron chi connectivity index (χ4n) is 1.38. The number of pyridine rings is 1. The van der Waals surface area contributed by atoms with Crippen molar-refractivity contribution in [2.75, 3.05) is 24.5 Å². The Morgan fingerprint density at radius 1 is 1.50 bits per heavy atom. The van der Waals surface area contributed by atoms with Gasteiger partial charge in [-0.3, -0.25) is 9.69 Å². The summed E-state index contributed by atoms with van der Waals surface area (Å²) in [5.41, 5.74) is 0. The molecule has 1 saturated heterocycles. The molecule has 0 saturated carbocycles. The van der Waals surface area contributed by atoms with E-state index in [4.69, 9.17) is 0 Å². The van der Waals surface area contributed by atoms with Crippen molar-refractivity contribution in [3.8, 4) is 0 Å². The van der Waals surface area contributed by atoms with Gasteiger partial charge in [-0.2, -0.15) is 0 Å². The van der Waals surface area contributed by atoms with Crippen molar-refractivity contribution in [3.63, 3.8) is 0 Å². The Hall–Kier alpha value is -0.940. The zero-order valence-electron chi connectivity index (χ0n) is 7.53.